The lowest BCUT2D eigenvalue weighted by Gasteiger charge is -2.32. The first-order valence-corrected chi connectivity index (χ1v) is 13.5. The van der Waals surface area contributed by atoms with Crippen LogP contribution in [0.5, 0.6) is 5.75 Å². The van der Waals surface area contributed by atoms with Gasteiger partial charge in [-0.25, -0.2) is 0 Å². The maximum atomic E-state index is 6.62. The second kappa shape index (κ2) is 7.50. The van der Waals surface area contributed by atoms with Crippen LogP contribution >= 0.6 is 0 Å². The van der Waals surface area contributed by atoms with Crippen molar-refractivity contribution in [3.63, 3.8) is 0 Å². The van der Waals surface area contributed by atoms with E-state index in [2.05, 4.69) is 119 Å². The molecule has 4 aromatic rings. The molecule has 0 saturated carbocycles. The Balaban J connectivity index is 1.14. The first-order valence-electron chi connectivity index (χ1n) is 13.5. The van der Waals surface area contributed by atoms with Gasteiger partial charge < -0.3 is 14.0 Å². The van der Waals surface area contributed by atoms with Gasteiger partial charge in [-0.2, -0.15) is 0 Å². The predicted octanol–water partition coefficient (Wildman–Crippen LogP) is 7.28. The minimum atomic E-state index is -0.381. The zero-order valence-electron chi connectivity index (χ0n) is 22.1. The quantitative estimate of drug-likeness (QED) is 0.240. The maximum absolute atomic E-state index is 6.62. The largest absolute Gasteiger partial charge is 0.494 e. The van der Waals surface area contributed by atoms with Gasteiger partial charge in [-0.05, 0) is 83.9 Å². The molecule has 0 amide bonds. The van der Waals surface area contributed by atoms with E-state index in [1.807, 2.05) is 0 Å². The summed E-state index contributed by atoms with van der Waals surface area (Å²) in [6.45, 7) is 8.37. The van der Waals surface area contributed by atoms with E-state index >= 15 is 0 Å². The molecule has 0 bridgehead atoms. The summed E-state index contributed by atoms with van der Waals surface area (Å²) in [5.74, 6) is 1.09. The Kier molecular flexibility index (Phi) is 4.42. The van der Waals surface area contributed by atoms with Gasteiger partial charge in [0.15, 0.2) is 0 Å². The minimum absolute atomic E-state index is 0.0545. The fraction of sp³-hybridized carbons (Fsp3) is 0.235. The number of hydrogen-bond donors (Lipinski definition) is 0. The minimum Gasteiger partial charge on any atom is -0.484 e. The predicted molar refractivity (Wildman–Crippen MR) is 155 cm³/mol. The molecule has 0 spiro atoms. The fourth-order valence-electron chi connectivity index (χ4n) is 6.50. The van der Waals surface area contributed by atoms with Crippen molar-refractivity contribution < 1.29 is 14.0 Å². The normalized spacial score (nSPS) is 23.2. The van der Waals surface area contributed by atoms with Crippen LogP contribution in [0.25, 0.3) is 38.6 Å². The van der Waals surface area contributed by atoms with E-state index in [0.717, 1.165) is 11.2 Å². The Morgan fingerprint density at radius 2 is 1.47 bits per heavy atom. The van der Waals surface area contributed by atoms with Gasteiger partial charge in [0.2, 0.25) is 0 Å². The molecule has 8 rings (SSSR count). The van der Waals surface area contributed by atoms with Crippen LogP contribution in [0.1, 0.15) is 44.7 Å². The van der Waals surface area contributed by atoms with Crippen LogP contribution in [0, 0.1) is 0 Å². The lowest BCUT2D eigenvalue weighted by molar-refractivity contribution is 0.00578. The van der Waals surface area contributed by atoms with Crippen molar-refractivity contribution in [3.05, 3.63) is 102 Å². The number of ether oxygens (including phenoxy) is 1. The van der Waals surface area contributed by atoms with Gasteiger partial charge >= 0.3 is 7.12 Å². The Morgan fingerprint density at radius 1 is 0.737 bits per heavy atom. The van der Waals surface area contributed by atoms with E-state index in [-0.39, 0.29) is 30.3 Å². The van der Waals surface area contributed by atoms with E-state index in [1.165, 1.54) is 49.7 Å². The molecule has 4 heteroatoms. The van der Waals surface area contributed by atoms with Crippen LogP contribution in [0.15, 0.2) is 91.0 Å². The van der Waals surface area contributed by atoms with Gasteiger partial charge in [0.05, 0.1) is 11.2 Å². The van der Waals surface area contributed by atoms with Gasteiger partial charge in [-0.15, -0.1) is 0 Å². The molecule has 38 heavy (non-hydrogen) atoms. The molecule has 2 aliphatic carbocycles. The average molecular weight is 496 g/mol. The van der Waals surface area contributed by atoms with Gasteiger partial charge in [-0.1, -0.05) is 78.9 Å². The lowest BCUT2D eigenvalue weighted by atomic mass is 9.76. The molecule has 0 aromatic heterocycles. The first kappa shape index (κ1) is 22.4. The van der Waals surface area contributed by atoms with Crippen molar-refractivity contribution in [3.8, 4) is 28.0 Å². The van der Waals surface area contributed by atoms with Gasteiger partial charge in [0.25, 0.3) is 0 Å². The first-order chi connectivity index (χ1) is 18.3. The van der Waals surface area contributed by atoms with Crippen LogP contribution in [0.2, 0.25) is 0 Å². The molecule has 1 saturated heterocycles. The molecule has 1 fully saturated rings. The molecule has 2 heterocycles. The van der Waals surface area contributed by atoms with Crippen LogP contribution < -0.4 is 10.2 Å². The third kappa shape index (κ3) is 2.99. The molecule has 4 aliphatic rings. The lowest BCUT2D eigenvalue weighted by Crippen LogP contribution is -2.41. The summed E-state index contributed by atoms with van der Waals surface area (Å²) in [5.41, 5.74) is 9.20. The van der Waals surface area contributed by atoms with Gasteiger partial charge in [-0.3, -0.25) is 0 Å². The van der Waals surface area contributed by atoms with E-state index in [1.54, 1.807) is 0 Å². The molecule has 3 nitrogen and oxygen atoms in total. The van der Waals surface area contributed by atoms with Crippen molar-refractivity contribution in [2.45, 2.75) is 50.9 Å². The molecule has 186 valence electrons. The number of fused-ring (bicyclic) bond motifs is 6. The molecular weight excluding hydrogens is 467 g/mol. The highest BCUT2D eigenvalue weighted by molar-refractivity contribution is 6.62. The van der Waals surface area contributed by atoms with Crippen LogP contribution in [-0.4, -0.2) is 24.4 Å². The topological polar surface area (TPSA) is 27.7 Å². The van der Waals surface area contributed by atoms with Crippen molar-refractivity contribution in [1.82, 2.24) is 0 Å². The van der Waals surface area contributed by atoms with E-state index in [4.69, 9.17) is 14.0 Å². The molecule has 0 N–H and O–H groups in total. The Bertz CT molecular complexity index is 1710. The molecule has 2 atom stereocenters. The number of benzene rings is 4. The summed E-state index contributed by atoms with van der Waals surface area (Å²) in [6, 6.07) is 26.5. The van der Waals surface area contributed by atoms with Crippen molar-refractivity contribution in [2.24, 2.45) is 0 Å². The summed E-state index contributed by atoms with van der Waals surface area (Å²) >= 11 is 0. The third-order valence-electron chi connectivity index (χ3n) is 9.24. The smallest absolute Gasteiger partial charge is 0.484 e. The van der Waals surface area contributed by atoms with Crippen LogP contribution in [-0.2, 0) is 9.31 Å². The second-order valence-corrected chi connectivity index (χ2v) is 11.9. The Labute approximate surface area is 223 Å². The highest BCUT2D eigenvalue weighted by Crippen LogP contribution is 2.50. The molecular formula is C34H29BO3. The maximum Gasteiger partial charge on any atom is 0.494 e. The summed E-state index contributed by atoms with van der Waals surface area (Å²) in [7, 11) is -0.381. The van der Waals surface area contributed by atoms with Crippen LogP contribution in [0.3, 0.4) is 0 Å². The Hall–Kier alpha value is -3.60. The van der Waals surface area contributed by atoms with Crippen molar-refractivity contribution in [1.29, 1.82) is 0 Å². The molecule has 4 aromatic carbocycles. The highest BCUT2D eigenvalue weighted by Gasteiger charge is 2.52. The van der Waals surface area contributed by atoms with E-state index < -0.39 is 0 Å². The number of allylic oxidation sites excluding steroid dienone is 2. The average Bonchev–Trinajstić information content (AvgIpc) is 3.51. The fourth-order valence-corrected chi connectivity index (χ4v) is 6.50. The van der Waals surface area contributed by atoms with E-state index in [0.29, 0.717) is 0 Å². The van der Waals surface area contributed by atoms with Gasteiger partial charge in [0, 0.05) is 17.1 Å². The van der Waals surface area contributed by atoms with Crippen LogP contribution in [0.4, 0.5) is 0 Å². The summed E-state index contributed by atoms with van der Waals surface area (Å²) in [5, 5.41) is 2.65. The standard InChI is InChI=1S/C34H29BO3/c1-33(2)34(3,4)38-35(37-33)22-15-17-30-29(19-22)27-13-7-10-23(32(27)36-30)21-14-16-24-25-11-5-8-20-9-6-12-26(31(20)25)28(24)18-21/h5-19,27,32H,1-4H3. The summed E-state index contributed by atoms with van der Waals surface area (Å²) < 4.78 is 19.3. The Morgan fingerprint density at radius 3 is 2.24 bits per heavy atom. The zero-order chi connectivity index (χ0) is 25.8. The second-order valence-electron chi connectivity index (χ2n) is 11.9. The summed E-state index contributed by atoms with van der Waals surface area (Å²) in [6.07, 6.45) is 6.60. The third-order valence-corrected chi connectivity index (χ3v) is 9.24. The SMILES string of the molecule is CC1(C)OB(c2ccc3c(c2)C2C=CC=C(c4ccc5c(c4)-c4cccc6cccc-5c46)C2O3)OC1(C)C. The molecule has 0 radical (unpaired) electrons. The molecule has 2 aliphatic heterocycles. The van der Waals surface area contributed by atoms with Crippen molar-refractivity contribution >= 4 is 28.9 Å². The number of rotatable bonds is 2. The zero-order valence-corrected chi connectivity index (χ0v) is 22.1. The monoisotopic (exact) mass is 496 g/mol. The van der Waals surface area contributed by atoms with Gasteiger partial charge in [0.1, 0.15) is 11.9 Å². The molecule has 2 unspecified atom stereocenters. The summed E-state index contributed by atoms with van der Waals surface area (Å²) in [4.78, 5) is 0. The number of hydrogen-bond acceptors (Lipinski definition) is 3. The van der Waals surface area contributed by atoms with Crippen molar-refractivity contribution in [2.75, 3.05) is 0 Å². The van der Waals surface area contributed by atoms with E-state index in [9.17, 15) is 0 Å². The highest BCUT2D eigenvalue weighted by atomic mass is 16.7.